The summed E-state index contributed by atoms with van der Waals surface area (Å²) in [7, 11) is 0. The molecule has 1 aliphatic heterocycles. The Labute approximate surface area is 190 Å². The number of hydrogen-bond acceptors (Lipinski definition) is 7. The van der Waals surface area contributed by atoms with Crippen LogP contribution in [0, 0.1) is 25.2 Å². The summed E-state index contributed by atoms with van der Waals surface area (Å²) in [6.07, 6.45) is 1.92. The molecular formula is C25H31N7. The van der Waals surface area contributed by atoms with E-state index in [-0.39, 0.29) is 6.04 Å². The average molecular weight is 430 g/mol. The Bertz CT molecular complexity index is 1170. The van der Waals surface area contributed by atoms with Crippen molar-refractivity contribution in [3.8, 4) is 6.07 Å². The number of rotatable bonds is 5. The number of anilines is 2. The molecule has 1 fully saturated rings. The molecule has 166 valence electrons. The highest BCUT2D eigenvalue weighted by molar-refractivity contribution is 5.94. The first-order valence-electron chi connectivity index (χ1n) is 11.3. The van der Waals surface area contributed by atoms with Crippen LogP contribution in [0.4, 0.5) is 11.6 Å². The Morgan fingerprint density at radius 3 is 2.75 bits per heavy atom. The van der Waals surface area contributed by atoms with Crippen molar-refractivity contribution in [1.29, 1.82) is 5.26 Å². The first kappa shape index (κ1) is 22.0. The average Bonchev–Trinajstić information content (AvgIpc) is 2.80. The van der Waals surface area contributed by atoms with Gasteiger partial charge in [-0.05, 0) is 57.5 Å². The van der Waals surface area contributed by atoms with Crippen molar-refractivity contribution < 1.29 is 0 Å². The van der Waals surface area contributed by atoms with E-state index in [4.69, 9.17) is 4.98 Å². The van der Waals surface area contributed by atoms with E-state index in [9.17, 15) is 5.26 Å². The zero-order valence-electron chi connectivity index (χ0n) is 19.6. The maximum Gasteiger partial charge on any atom is 0.157 e. The van der Waals surface area contributed by atoms with Gasteiger partial charge in [-0.2, -0.15) is 10.4 Å². The Morgan fingerprint density at radius 2 is 2.03 bits per heavy atom. The third kappa shape index (κ3) is 4.11. The lowest BCUT2D eigenvalue weighted by Crippen LogP contribution is -2.52. The third-order valence-electron chi connectivity index (χ3n) is 6.60. The van der Waals surface area contributed by atoms with Gasteiger partial charge < -0.3 is 10.2 Å². The van der Waals surface area contributed by atoms with Crippen LogP contribution in [0.3, 0.4) is 0 Å². The first-order chi connectivity index (χ1) is 15.4. The maximum atomic E-state index is 9.39. The summed E-state index contributed by atoms with van der Waals surface area (Å²) < 4.78 is 0. The van der Waals surface area contributed by atoms with Crippen molar-refractivity contribution >= 4 is 22.4 Å². The Morgan fingerprint density at radius 1 is 1.22 bits per heavy atom. The lowest BCUT2D eigenvalue weighted by molar-refractivity contribution is 0.239. The smallest absolute Gasteiger partial charge is 0.157 e. The van der Waals surface area contributed by atoms with E-state index in [1.54, 1.807) is 0 Å². The summed E-state index contributed by atoms with van der Waals surface area (Å²) in [5, 5.41) is 23.8. The number of nitrogens with one attached hydrogen (secondary N) is 1. The molecule has 0 radical (unpaired) electrons. The predicted molar refractivity (Wildman–Crippen MR) is 129 cm³/mol. The lowest BCUT2D eigenvalue weighted by atomic mass is 9.98. The quantitative estimate of drug-likeness (QED) is 0.650. The number of aryl methyl sites for hydroxylation is 1. The fraction of sp³-hybridized carbons (Fsp3) is 0.440. The summed E-state index contributed by atoms with van der Waals surface area (Å²) in [4.78, 5) is 9.64. The van der Waals surface area contributed by atoms with Gasteiger partial charge in [-0.1, -0.05) is 19.1 Å². The van der Waals surface area contributed by atoms with Crippen LogP contribution in [0.2, 0.25) is 0 Å². The highest BCUT2D eigenvalue weighted by Crippen LogP contribution is 2.31. The summed E-state index contributed by atoms with van der Waals surface area (Å²) in [5.41, 5.74) is 3.63. The molecule has 0 bridgehead atoms. The van der Waals surface area contributed by atoms with Crippen LogP contribution in [0.25, 0.3) is 10.8 Å². The van der Waals surface area contributed by atoms with Crippen LogP contribution in [0.15, 0.2) is 30.5 Å². The Balaban J connectivity index is 1.69. The maximum absolute atomic E-state index is 9.39. The van der Waals surface area contributed by atoms with Crippen molar-refractivity contribution in [1.82, 2.24) is 20.1 Å². The summed E-state index contributed by atoms with van der Waals surface area (Å²) in [5.74, 6) is 1.72. The molecule has 0 spiro atoms. The second kappa shape index (κ2) is 9.09. The van der Waals surface area contributed by atoms with Gasteiger partial charge in [0.25, 0.3) is 0 Å². The van der Waals surface area contributed by atoms with Gasteiger partial charge in [0.15, 0.2) is 5.82 Å². The van der Waals surface area contributed by atoms with Crippen LogP contribution in [-0.4, -0.2) is 52.3 Å². The van der Waals surface area contributed by atoms with Crippen molar-refractivity contribution in [2.75, 3.05) is 36.4 Å². The monoisotopic (exact) mass is 429 g/mol. The Hall–Kier alpha value is -3.24. The predicted octanol–water partition coefficient (Wildman–Crippen LogP) is 4.22. The topological polar surface area (TPSA) is 81.0 Å². The highest BCUT2D eigenvalue weighted by atomic mass is 15.3. The molecule has 3 heterocycles. The van der Waals surface area contributed by atoms with Crippen LogP contribution in [0.1, 0.15) is 49.2 Å². The van der Waals surface area contributed by atoms with Crippen LogP contribution < -0.4 is 10.2 Å². The van der Waals surface area contributed by atoms with E-state index in [2.05, 4.69) is 64.3 Å². The zero-order valence-corrected chi connectivity index (χ0v) is 19.6. The molecule has 7 nitrogen and oxygen atoms in total. The first-order valence-corrected chi connectivity index (χ1v) is 11.3. The summed E-state index contributed by atoms with van der Waals surface area (Å²) in [6.45, 7) is 14.6. The van der Waals surface area contributed by atoms with Gasteiger partial charge in [0.05, 0.1) is 23.4 Å². The molecule has 3 aromatic rings. The number of benzene rings is 1. The van der Waals surface area contributed by atoms with Crippen molar-refractivity contribution in [3.05, 3.63) is 52.8 Å². The van der Waals surface area contributed by atoms with Crippen LogP contribution in [-0.2, 0) is 0 Å². The minimum atomic E-state index is -0.0212. The molecule has 4 rings (SSSR count). The number of likely N-dealkylation sites (N-methyl/N-ethyl adjacent to an activating group) is 1. The second-order valence-electron chi connectivity index (χ2n) is 8.66. The molecule has 2 aromatic heterocycles. The van der Waals surface area contributed by atoms with Gasteiger partial charge in [-0.25, -0.2) is 4.98 Å². The number of pyridine rings is 1. The highest BCUT2D eigenvalue weighted by Gasteiger charge is 2.24. The van der Waals surface area contributed by atoms with E-state index in [1.165, 1.54) is 0 Å². The largest absolute Gasteiger partial charge is 0.362 e. The molecule has 0 unspecified atom stereocenters. The minimum absolute atomic E-state index is 0.0212. The van der Waals surface area contributed by atoms with Crippen molar-refractivity contribution in [3.63, 3.8) is 0 Å². The molecule has 32 heavy (non-hydrogen) atoms. The van der Waals surface area contributed by atoms with Gasteiger partial charge in [-0.15, -0.1) is 5.10 Å². The van der Waals surface area contributed by atoms with Gasteiger partial charge in [0, 0.05) is 42.6 Å². The molecular weight excluding hydrogens is 398 g/mol. The summed E-state index contributed by atoms with van der Waals surface area (Å²) >= 11 is 0. The second-order valence-corrected chi connectivity index (χ2v) is 8.66. The molecule has 2 atom stereocenters. The van der Waals surface area contributed by atoms with Gasteiger partial charge in [0.1, 0.15) is 5.82 Å². The number of nitrogens with zero attached hydrogens (tertiary/aromatic N) is 6. The van der Waals surface area contributed by atoms with E-state index in [0.717, 1.165) is 65.4 Å². The number of aromatic nitrogens is 3. The number of piperazine rings is 1. The fourth-order valence-electron chi connectivity index (χ4n) is 4.61. The van der Waals surface area contributed by atoms with E-state index in [0.29, 0.717) is 11.6 Å². The molecule has 1 aromatic carbocycles. The number of hydrogen-bond donors (Lipinski definition) is 1. The van der Waals surface area contributed by atoms with Gasteiger partial charge in [0.2, 0.25) is 0 Å². The third-order valence-corrected chi connectivity index (χ3v) is 6.60. The normalized spacial score (nSPS) is 17.9. The molecule has 0 amide bonds. The van der Waals surface area contributed by atoms with Crippen molar-refractivity contribution in [2.24, 2.45) is 0 Å². The fourth-order valence-corrected chi connectivity index (χ4v) is 4.61. The van der Waals surface area contributed by atoms with Crippen LogP contribution >= 0.6 is 0 Å². The molecule has 1 aliphatic rings. The SMILES string of the molecule is CCN1CCN(c2cc3c(N[C@H](C)c4cccc(C#N)c4C)nnc(C)c3cn2)[C@@H](C)C1. The molecule has 0 aliphatic carbocycles. The summed E-state index contributed by atoms with van der Waals surface area (Å²) in [6, 6.07) is 10.6. The van der Waals surface area contributed by atoms with Gasteiger partial charge in [-0.3, -0.25) is 4.90 Å². The molecule has 1 N–H and O–H groups in total. The van der Waals surface area contributed by atoms with Crippen LogP contribution in [0.5, 0.6) is 0 Å². The standard InChI is InChI=1S/C25H31N7/c1-6-31-10-11-32(16(2)15-31)24-12-22-23(14-27-24)19(5)29-30-25(22)28-18(4)21-9-7-8-20(13-26)17(21)3/h7-9,12,14,16,18H,6,10-11,15H2,1-5H3,(H,28,30)/t16-,18+/m0/s1. The van der Waals surface area contributed by atoms with E-state index < -0.39 is 0 Å². The minimum Gasteiger partial charge on any atom is -0.362 e. The number of fused-ring (bicyclic) bond motifs is 1. The van der Waals surface area contributed by atoms with Gasteiger partial charge >= 0.3 is 0 Å². The van der Waals surface area contributed by atoms with E-state index >= 15 is 0 Å². The number of nitriles is 1. The molecule has 7 heteroatoms. The zero-order chi connectivity index (χ0) is 22.8. The Kier molecular flexibility index (Phi) is 6.24. The lowest BCUT2D eigenvalue weighted by Gasteiger charge is -2.40. The molecule has 1 saturated heterocycles. The molecule has 0 saturated carbocycles. The van der Waals surface area contributed by atoms with E-state index in [1.807, 2.05) is 32.2 Å². The van der Waals surface area contributed by atoms with Crippen molar-refractivity contribution in [2.45, 2.75) is 46.7 Å².